The van der Waals surface area contributed by atoms with Crippen molar-refractivity contribution in [3.63, 3.8) is 0 Å². The van der Waals surface area contributed by atoms with Gasteiger partial charge in [-0.15, -0.1) is 12.4 Å². The van der Waals surface area contributed by atoms with Crippen LogP contribution in [-0.2, 0) is 6.54 Å². The fourth-order valence-electron chi connectivity index (χ4n) is 3.05. The normalized spacial score (nSPS) is 10.6. The summed E-state index contributed by atoms with van der Waals surface area (Å²) in [5.74, 6) is 1.97. The molecule has 0 saturated heterocycles. The van der Waals surface area contributed by atoms with Crippen molar-refractivity contribution in [2.24, 2.45) is 0 Å². The van der Waals surface area contributed by atoms with Crippen LogP contribution in [0.2, 0.25) is 5.02 Å². The van der Waals surface area contributed by atoms with E-state index in [1.54, 1.807) is 37.6 Å². The zero-order chi connectivity index (χ0) is 21.1. The van der Waals surface area contributed by atoms with Crippen LogP contribution in [0.4, 0.5) is 15.9 Å². The molecule has 10 heteroatoms. The molecular weight excluding hydrogens is 444 g/mol. The van der Waals surface area contributed by atoms with E-state index in [2.05, 4.69) is 20.3 Å². The molecule has 31 heavy (non-hydrogen) atoms. The third kappa shape index (κ3) is 4.98. The number of benzene rings is 2. The van der Waals surface area contributed by atoms with Crippen molar-refractivity contribution in [3.8, 4) is 11.5 Å². The van der Waals surface area contributed by atoms with Crippen LogP contribution in [0.3, 0.4) is 0 Å². The Morgan fingerprint density at radius 1 is 1.13 bits per heavy atom. The number of nitrogens with one attached hydrogen (secondary N) is 1. The van der Waals surface area contributed by atoms with E-state index in [-0.39, 0.29) is 18.1 Å². The number of anilines is 2. The molecule has 0 atom stereocenters. The minimum atomic E-state index is -0.476. The molecule has 1 N–H and O–H groups in total. The molecule has 0 saturated carbocycles. The Morgan fingerprint density at radius 3 is 2.68 bits per heavy atom. The molecule has 0 aliphatic heterocycles. The molecule has 0 amide bonds. The maximum atomic E-state index is 14.2. The smallest absolute Gasteiger partial charge is 0.163 e. The number of fused-ring (bicyclic) bond motifs is 1. The monoisotopic (exact) mass is 463 g/mol. The number of rotatable bonds is 7. The van der Waals surface area contributed by atoms with Crippen LogP contribution in [0, 0.1) is 12.7 Å². The van der Waals surface area contributed by atoms with Gasteiger partial charge >= 0.3 is 0 Å². The van der Waals surface area contributed by atoms with Crippen molar-refractivity contribution in [3.05, 3.63) is 65.7 Å². The van der Waals surface area contributed by atoms with E-state index in [1.165, 1.54) is 12.4 Å². The number of aryl methyl sites for hydroxylation is 1. The molecule has 0 bridgehead atoms. The second-order valence-electron chi connectivity index (χ2n) is 6.51. The fourth-order valence-corrected chi connectivity index (χ4v) is 3.21. The van der Waals surface area contributed by atoms with Crippen molar-refractivity contribution < 1.29 is 13.9 Å². The average Bonchev–Trinajstić information content (AvgIpc) is 3.14. The highest BCUT2D eigenvalue weighted by Gasteiger charge is 2.13. The van der Waals surface area contributed by atoms with E-state index in [1.807, 2.05) is 17.7 Å². The van der Waals surface area contributed by atoms with Gasteiger partial charge in [0.05, 0.1) is 24.9 Å². The van der Waals surface area contributed by atoms with E-state index in [4.69, 9.17) is 21.1 Å². The molecule has 2 aromatic heterocycles. The SMILES string of the molecule is COc1cc2c(Nc3ccc(Cl)cc3F)ncnc2cc1OCCn1ccnc1C.Cl. The Bertz CT molecular complexity index is 1200. The van der Waals surface area contributed by atoms with Gasteiger partial charge in [0.15, 0.2) is 11.5 Å². The first-order chi connectivity index (χ1) is 14.5. The summed E-state index contributed by atoms with van der Waals surface area (Å²) in [7, 11) is 1.56. The predicted octanol–water partition coefficient (Wildman–Crippen LogP) is 5.18. The molecule has 7 nitrogen and oxygen atoms in total. The number of ether oxygens (including phenoxy) is 2. The Kier molecular flexibility index (Phi) is 7.14. The van der Waals surface area contributed by atoms with E-state index >= 15 is 0 Å². The lowest BCUT2D eigenvalue weighted by atomic mass is 10.2. The lowest BCUT2D eigenvalue weighted by Gasteiger charge is -2.14. The molecule has 4 aromatic rings. The third-order valence-corrected chi connectivity index (χ3v) is 4.85. The highest BCUT2D eigenvalue weighted by molar-refractivity contribution is 6.30. The van der Waals surface area contributed by atoms with Gasteiger partial charge in [-0.3, -0.25) is 0 Å². The van der Waals surface area contributed by atoms with Gasteiger partial charge in [-0.25, -0.2) is 19.3 Å². The molecular formula is C21H20Cl2FN5O2. The molecule has 162 valence electrons. The summed E-state index contributed by atoms with van der Waals surface area (Å²) >= 11 is 5.83. The number of hydrogen-bond donors (Lipinski definition) is 1. The Labute approximate surface area is 189 Å². The second-order valence-corrected chi connectivity index (χ2v) is 6.94. The van der Waals surface area contributed by atoms with Gasteiger partial charge in [0, 0.05) is 28.9 Å². The van der Waals surface area contributed by atoms with Crippen LogP contribution in [0.15, 0.2) is 49.1 Å². The fraction of sp³-hybridized carbons (Fsp3) is 0.190. The van der Waals surface area contributed by atoms with E-state index in [0.29, 0.717) is 46.4 Å². The van der Waals surface area contributed by atoms with Crippen molar-refractivity contribution in [1.82, 2.24) is 19.5 Å². The van der Waals surface area contributed by atoms with Crippen molar-refractivity contribution in [1.29, 1.82) is 0 Å². The van der Waals surface area contributed by atoms with Gasteiger partial charge < -0.3 is 19.4 Å². The van der Waals surface area contributed by atoms with E-state index in [9.17, 15) is 4.39 Å². The molecule has 0 unspecified atom stereocenters. The summed E-state index contributed by atoms with van der Waals surface area (Å²) < 4.78 is 27.6. The summed E-state index contributed by atoms with van der Waals surface area (Å²) in [6, 6.07) is 7.94. The molecule has 2 heterocycles. The maximum Gasteiger partial charge on any atom is 0.163 e. The lowest BCUT2D eigenvalue weighted by Crippen LogP contribution is -2.09. The van der Waals surface area contributed by atoms with Crippen LogP contribution < -0.4 is 14.8 Å². The van der Waals surface area contributed by atoms with Gasteiger partial charge in [-0.2, -0.15) is 0 Å². The first-order valence-electron chi connectivity index (χ1n) is 9.20. The number of methoxy groups -OCH3 is 1. The van der Waals surface area contributed by atoms with Gasteiger partial charge in [0.2, 0.25) is 0 Å². The number of nitrogens with zero attached hydrogens (tertiary/aromatic N) is 4. The topological polar surface area (TPSA) is 74.1 Å². The zero-order valence-corrected chi connectivity index (χ0v) is 18.4. The second kappa shape index (κ2) is 9.80. The highest BCUT2D eigenvalue weighted by Crippen LogP contribution is 2.35. The number of aromatic nitrogens is 4. The predicted molar refractivity (Wildman–Crippen MR) is 120 cm³/mol. The summed E-state index contributed by atoms with van der Waals surface area (Å²) in [5, 5.41) is 3.98. The lowest BCUT2D eigenvalue weighted by molar-refractivity contribution is 0.279. The van der Waals surface area contributed by atoms with Gasteiger partial charge in [-0.1, -0.05) is 11.6 Å². The van der Waals surface area contributed by atoms with Crippen LogP contribution >= 0.6 is 24.0 Å². The standard InChI is InChI=1S/C21H19ClFN5O2.ClH/c1-13-24-5-6-28(13)7-8-30-20-11-18-15(10-19(20)29-2)21(26-12-25-18)27-17-4-3-14(22)9-16(17)23;/h3-6,9-12H,7-8H2,1-2H3,(H,25,26,27);1H. The van der Waals surface area contributed by atoms with Crippen molar-refractivity contribution >= 4 is 46.4 Å². The van der Waals surface area contributed by atoms with Gasteiger partial charge in [0.1, 0.15) is 30.4 Å². The Balaban J connectivity index is 0.00000272. The molecule has 0 fully saturated rings. The van der Waals surface area contributed by atoms with Crippen molar-refractivity contribution in [2.45, 2.75) is 13.5 Å². The number of halogens is 3. The Hall–Kier alpha value is -3.10. The van der Waals surface area contributed by atoms with E-state index < -0.39 is 5.82 Å². The number of imidazole rings is 1. The first kappa shape index (κ1) is 22.6. The minimum Gasteiger partial charge on any atom is -0.493 e. The van der Waals surface area contributed by atoms with Crippen LogP contribution in [0.25, 0.3) is 10.9 Å². The summed E-state index contributed by atoms with van der Waals surface area (Å²) in [6.07, 6.45) is 5.06. The molecule has 0 aliphatic rings. The molecule has 4 rings (SSSR count). The van der Waals surface area contributed by atoms with Crippen LogP contribution in [0.5, 0.6) is 11.5 Å². The number of hydrogen-bond acceptors (Lipinski definition) is 6. The van der Waals surface area contributed by atoms with Crippen LogP contribution in [0.1, 0.15) is 5.82 Å². The summed E-state index contributed by atoms with van der Waals surface area (Å²) in [5.41, 5.74) is 0.894. The minimum absolute atomic E-state index is 0. The van der Waals surface area contributed by atoms with Gasteiger partial charge in [0.25, 0.3) is 0 Å². The third-order valence-electron chi connectivity index (χ3n) is 4.62. The summed E-state index contributed by atoms with van der Waals surface area (Å²) in [4.78, 5) is 12.8. The Morgan fingerprint density at radius 2 is 1.97 bits per heavy atom. The molecule has 0 spiro atoms. The quantitative estimate of drug-likeness (QED) is 0.406. The van der Waals surface area contributed by atoms with Crippen LogP contribution in [-0.4, -0.2) is 33.2 Å². The molecule has 0 radical (unpaired) electrons. The molecule has 0 aliphatic carbocycles. The maximum absolute atomic E-state index is 14.2. The largest absolute Gasteiger partial charge is 0.493 e. The first-order valence-corrected chi connectivity index (χ1v) is 9.58. The van der Waals surface area contributed by atoms with Crippen molar-refractivity contribution in [2.75, 3.05) is 19.0 Å². The average molecular weight is 464 g/mol. The zero-order valence-electron chi connectivity index (χ0n) is 16.8. The highest BCUT2D eigenvalue weighted by atomic mass is 35.5. The molecule has 2 aromatic carbocycles. The van der Waals surface area contributed by atoms with E-state index in [0.717, 1.165) is 5.82 Å². The summed E-state index contributed by atoms with van der Waals surface area (Å²) in [6.45, 7) is 3.02. The van der Waals surface area contributed by atoms with Gasteiger partial charge in [-0.05, 0) is 31.2 Å².